The van der Waals surface area contributed by atoms with Crippen molar-refractivity contribution in [3.63, 3.8) is 0 Å². The van der Waals surface area contributed by atoms with Gasteiger partial charge in [-0.2, -0.15) is 0 Å². The number of benzene rings is 1. The van der Waals surface area contributed by atoms with Gasteiger partial charge in [0.15, 0.2) is 11.5 Å². The largest absolute Gasteiger partial charge is 0.295 e. The molecule has 88 valence electrons. The molecule has 0 aliphatic carbocycles. The van der Waals surface area contributed by atoms with Crippen LogP contribution in [0.5, 0.6) is 0 Å². The Hall–Kier alpha value is -2.47. The first-order chi connectivity index (χ1) is 8.72. The number of pyridine rings is 1. The van der Waals surface area contributed by atoms with Crippen molar-refractivity contribution in [1.29, 1.82) is 0 Å². The minimum Gasteiger partial charge on any atom is -0.295 e. The SMILES string of the molecule is [C-]#[N+]c1cccc(C)c1C(=O)Cc1cccnc1. The highest BCUT2D eigenvalue weighted by atomic mass is 16.1. The fraction of sp³-hybridized carbons (Fsp3) is 0.133. The number of Topliss-reactive ketones (excluding diaryl/α,β-unsaturated/α-hetero) is 1. The molecule has 1 aromatic carbocycles. The second-order valence-electron chi connectivity index (χ2n) is 4.04. The summed E-state index contributed by atoms with van der Waals surface area (Å²) in [6.07, 6.45) is 3.63. The maximum absolute atomic E-state index is 12.2. The van der Waals surface area contributed by atoms with Gasteiger partial charge >= 0.3 is 0 Å². The average molecular weight is 236 g/mol. The molecule has 1 heterocycles. The minimum atomic E-state index is -0.0351. The van der Waals surface area contributed by atoms with Crippen molar-refractivity contribution in [2.45, 2.75) is 13.3 Å². The molecule has 0 amide bonds. The topological polar surface area (TPSA) is 34.3 Å². The first-order valence-corrected chi connectivity index (χ1v) is 5.61. The average Bonchev–Trinajstić information content (AvgIpc) is 2.39. The van der Waals surface area contributed by atoms with Gasteiger partial charge < -0.3 is 0 Å². The van der Waals surface area contributed by atoms with Gasteiger partial charge in [0.05, 0.1) is 6.57 Å². The Morgan fingerprint density at radius 3 is 2.83 bits per heavy atom. The highest BCUT2D eigenvalue weighted by Gasteiger charge is 2.14. The Kier molecular flexibility index (Phi) is 3.49. The zero-order valence-electron chi connectivity index (χ0n) is 10.1. The number of aryl methyl sites for hydroxylation is 1. The van der Waals surface area contributed by atoms with E-state index in [1.54, 1.807) is 30.6 Å². The fourth-order valence-corrected chi connectivity index (χ4v) is 1.88. The number of carbonyl (C=O) groups is 1. The molecule has 0 aliphatic heterocycles. The Bertz CT molecular complexity index is 612. The van der Waals surface area contributed by atoms with E-state index in [2.05, 4.69) is 9.83 Å². The van der Waals surface area contributed by atoms with Crippen LogP contribution in [0.3, 0.4) is 0 Å². The van der Waals surface area contributed by atoms with Crippen LogP contribution in [0.2, 0.25) is 0 Å². The van der Waals surface area contributed by atoms with Crippen molar-refractivity contribution in [3.8, 4) is 0 Å². The second-order valence-corrected chi connectivity index (χ2v) is 4.04. The summed E-state index contributed by atoms with van der Waals surface area (Å²) in [6.45, 7) is 8.97. The first-order valence-electron chi connectivity index (χ1n) is 5.61. The summed E-state index contributed by atoms with van der Waals surface area (Å²) >= 11 is 0. The van der Waals surface area contributed by atoms with Crippen LogP contribution in [0.25, 0.3) is 4.85 Å². The van der Waals surface area contributed by atoms with E-state index in [4.69, 9.17) is 6.57 Å². The van der Waals surface area contributed by atoms with E-state index >= 15 is 0 Å². The number of aromatic nitrogens is 1. The maximum atomic E-state index is 12.2. The summed E-state index contributed by atoms with van der Waals surface area (Å²) in [4.78, 5) is 19.6. The number of carbonyl (C=O) groups excluding carboxylic acids is 1. The lowest BCUT2D eigenvalue weighted by atomic mass is 9.98. The second kappa shape index (κ2) is 5.24. The molecule has 0 radical (unpaired) electrons. The van der Waals surface area contributed by atoms with E-state index in [-0.39, 0.29) is 12.2 Å². The molecule has 3 nitrogen and oxygen atoms in total. The van der Waals surface area contributed by atoms with Crippen molar-refractivity contribution in [1.82, 2.24) is 4.98 Å². The van der Waals surface area contributed by atoms with E-state index in [0.29, 0.717) is 11.3 Å². The van der Waals surface area contributed by atoms with Crippen LogP contribution < -0.4 is 0 Å². The van der Waals surface area contributed by atoms with Gasteiger partial charge in [0.25, 0.3) is 0 Å². The van der Waals surface area contributed by atoms with Crippen molar-refractivity contribution in [2.24, 2.45) is 0 Å². The molecule has 0 saturated carbocycles. The molecule has 2 aromatic rings. The smallest absolute Gasteiger partial charge is 0.198 e. The van der Waals surface area contributed by atoms with Crippen LogP contribution in [-0.4, -0.2) is 10.8 Å². The third-order valence-corrected chi connectivity index (χ3v) is 2.74. The van der Waals surface area contributed by atoms with E-state index < -0.39 is 0 Å². The van der Waals surface area contributed by atoms with Gasteiger partial charge in [0.2, 0.25) is 0 Å². The van der Waals surface area contributed by atoms with E-state index in [1.165, 1.54) is 0 Å². The van der Waals surface area contributed by atoms with Crippen LogP contribution in [0, 0.1) is 13.5 Å². The number of rotatable bonds is 3. The van der Waals surface area contributed by atoms with Crippen LogP contribution in [0.1, 0.15) is 21.5 Å². The molecule has 0 unspecified atom stereocenters. The zero-order valence-corrected chi connectivity index (χ0v) is 10.1. The van der Waals surface area contributed by atoms with Gasteiger partial charge in [0, 0.05) is 24.4 Å². The van der Waals surface area contributed by atoms with Crippen molar-refractivity contribution in [2.75, 3.05) is 0 Å². The highest BCUT2D eigenvalue weighted by molar-refractivity contribution is 6.03. The predicted octanol–water partition coefficient (Wildman–Crippen LogP) is 3.37. The Morgan fingerprint density at radius 1 is 1.33 bits per heavy atom. The normalized spacial score (nSPS) is 9.78. The van der Waals surface area contributed by atoms with Crippen LogP contribution in [0.15, 0.2) is 42.7 Å². The Balaban J connectivity index is 2.33. The third kappa shape index (κ3) is 2.44. The lowest BCUT2D eigenvalue weighted by molar-refractivity contribution is 0.0993. The van der Waals surface area contributed by atoms with Gasteiger partial charge in [-0.1, -0.05) is 29.8 Å². The van der Waals surface area contributed by atoms with Crippen LogP contribution in [0.4, 0.5) is 5.69 Å². The van der Waals surface area contributed by atoms with Crippen LogP contribution in [-0.2, 0) is 6.42 Å². The van der Waals surface area contributed by atoms with Crippen molar-refractivity contribution in [3.05, 3.63) is 70.8 Å². The summed E-state index contributed by atoms with van der Waals surface area (Å²) < 4.78 is 0. The van der Waals surface area contributed by atoms with E-state index in [0.717, 1.165) is 11.1 Å². The highest BCUT2D eigenvalue weighted by Crippen LogP contribution is 2.24. The molecule has 0 aliphatic rings. The van der Waals surface area contributed by atoms with Gasteiger partial charge in [-0.25, -0.2) is 4.85 Å². The molecule has 3 heteroatoms. The van der Waals surface area contributed by atoms with Gasteiger partial charge in [-0.3, -0.25) is 9.78 Å². The molecule has 0 saturated heterocycles. The monoisotopic (exact) mass is 236 g/mol. The molecule has 1 aromatic heterocycles. The maximum Gasteiger partial charge on any atom is 0.198 e. The summed E-state index contributed by atoms with van der Waals surface area (Å²) in [7, 11) is 0. The lowest BCUT2D eigenvalue weighted by Crippen LogP contribution is -2.06. The van der Waals surface area contributed by atoms with Gasteiger partial charge in [-0.15, -0.1) is 0 Å². The lowest BCUT2D eigenvalue weighted by Gasteiger charge is -2.07. The Labute approximate surface area is 106 Å². The molecular weight excluding hydrogens is 224 g/mol. The number of hydrogen-bond donors (Lipinski definition) is 0. The first kappa shape index (κ1) is 12.0. The molecular formula is C15H12N2O. The van der Waals surface area contributed by atoms with Crippen molar-refractivity contribution >= 4 is 11.5 Å². The molecule has 0 bridgehead atoms. The molecule has 0 atom stereocenters. The molecule has 0 N–H and O–H groups in total. The van der Waals surface area contributed by atoms with Gasteiger partial charge in [-0.05, 0) is 18.6 Å². The zero-order chi connectivity index (χ0) is 13.0. The third-order valence-electron chi connectivity index (χ3n) is 2.74. The number of nitrogens with zero attached hydrogens (tertiary/aromatic N) is 2. The minimum absolute atomic E-state index is 0.0351. The fourth-order valence-electron chi connectivity index (χ4n) is 1.88. The Morgan fingerprint density at radius 2 is 2.17 bits per heavy atom. The number of hydrogen-bond acceptors (Lipinski definition) is 2. The van der Waals surface area contributed by atoms with Crippen molar-refractivity contribution < 1.29 is 4.79 Å². The van der Waals surface area contributed by atoms with E-state index in [9.17, 15) is 4.79 Å². The molecule has 0 fully saturated rings. The standard InChI is InChI=1S/C15H12N2O/c1-11-5-3-7-13(16-2)15(11)14(18)9-12-6-4-8-17-10-12/h3-8,10H,9H2,1H3. The summed E-state index contributed by atoms with van der Waals surface area (Å²) in [5, 5.41) is 0. The predicted molar refractivity (Wildman–Crippen MR) is 69.7 cm³/mol. The number of ketones is 1. The van der Waals surface area contributed by atoms with E-state index in [1.807, 2.05) is 19.1 Å². The van der Waals surface area contributed by atoms with Gasteiger partial charge in [0.1, 0.15) is 0 Å². The molecule has 2 rings (SSSR count). The molecule has 0 spiro atoms. The quantitative estimate of drug-likeness (QED) is 0.605. The summed E-state index contributed by atoms with van der Waals surface area (Å²) in [6, 6.07) is 8.99. The summed E-state index contributed by atoms with van der Waals surface area (Å²) in [5.74, 6) is -0.0351. The van der Waals surface area contributed by atoms with Crippen LogP contribution >= 0.6 is 0 Å². The summed E-state index contributed by atoms with van der Waals surface area (Å²) in [5.41, 5.74) is 2.65. The molecule has 18 heavy (non-hydrogen) atoms.